The second kappa shape index (κ2) is 8.90. The third-order valence-electron chi connectivity index (χ3n) is 6.45. The molecule has 2 aromatic heterocycles. The van der Waals surface area contributed by atoms with Crippen LogP contribution in [0.1, 0.15) is 55.2 Å². The number of halogens is 1. The van der Waals surface area contributed by atoms with Crippen molar-refractivity contribution in [3.05, 3.63) is 64.8 Å². The molecule has 2 aliphatic rings. The average molecular weight is 453 g/mol. The van der Waals surface area contributed by atoms with Gasteiger partial charge in [-0.3, -0.25) is 9.36 Å². The van der Waals surface area contributed by atoms with Crippen molar-refractivity contribution in [2.75, 3.05) is 0 Å². The summed E-state index contributed by atoms with van der Waals surface area (Å²) in [5.41, 5.74) is 2.07. The number of fused-ring (bicyclic) bond motifs is 3. The number of nitrogens with zero attached hydrogens (tertiary/aromatic N) is 4. The lowest BCUT2D eigenvalue weighted by Gasteiger charge is -2.28. The maximum Gasteiger partial charge on any atom is 0.303 e. The number of aromatic nitrogens is 4. The molecular weight excluding hydrogens is 428 g/mol. The fraction of sp³-hybridized carbons (Fsp3) is 0.417. The minimum Gasteiger partial charge on any atom is -0.481 e. The minimum atomic E-state index is -0.794. The van der Waals surface area contributed by atoms with E-state index in [9.17, 15) is 9.90 Å². The van der Waals surface area contributed by atoms with Crippen LogP contribution in [0, 0.1) is 5.92 Å². The lowest BCUT2D eigenvalue weighted by molar-refractivity contribution is -0.138. The van der Waals surface area contributed by atoms with Crippen LogP contribution in [0.5, 0.6) is 5.88 Å². The van der Waals surface area contributed by atoms with Crippen LogP contribution < -0.4 is 4.74 Å². The summed E-state index contributed by atoms with van der Waals surface area (Å²) in [6.07, 6.45) is 7.02. The third-order valence-corrected chi connectivity index (χ3v) is 6.68. The molecule has 1 aliphatic carbocycles. The summed E-state index contributed by atoms with van der Waals surface area (Å²) in [5, 5.41) is 19.1. The molecule has 5 rings (SSSR count). The molecule has 0 spiro atoms. The lowest BCUT2D eigenvalue weighted by atomic mass is 9.86. The Labute approximate surface area is 191 Å². The highest BCUT2D eigenvalue weighted by Crippen LogP contribution is 2.37. The van der Waals surface area contributed by atoms with Crippen LogP contribution in [0.25, 0.3) is 5.69 Å². The molecule has 3 aromatic rings. The molecule has 1 N–H and O–H groups in total. The first kappa shape index (κ1) is 20.9. The van der Waals surface area contributed by atoms with Gasteiger partial charge in [-0.05, 0) is 67.9 Å². The predicted octanol–water partition coefficient (Wildman–Crippen LogP) is 4.61. The van der Waals surface area contributed by atoms with Gasteiger partial charge in [-0.1, -0.05) is 17.7 Å². The topological polar surface area (TPSA) is 90.1 Å². The van der Waals surface area contributed by atoms with Gasteiger partial charge in [0.2, 0.25) is 5.88 Å². The molecule has 32 heavy (non-hydrogen) atoms. The van der Waals surface area contributed by atoms with Gasteiger partial charge < -0.3 is 9.84 Å². The van der Waals surface area contributed by atoms with E-state index in [1.165, 1.54) is 0 Å². The molecule has 0 saturated heterocycles. The standard InChI is InChI=1S/C24H25ClN4O3/c25-18-6-9-20-17(14-18)11-15(13-23(30)31)12-21-27-28-24(29(20)21)16-4-7-19(8-5-16)32-22-3-1-2-10-26-22/h1-3,6,9-10,14-16,19H,4-5,7-8,11-13H2,(H,30,31). The highest BCUT2D eigenvalue weighted by atomic mass is 35.5. The van der Waals surface area contributed by atoms with E-state index in [-0.39, 0.29) is 24.4 Å². The second-order valence-electron chi connectivity index (χ2n) is 8.71. The van der Waals surface area contributed by atoms with Crippen LogP contribution in [-0.4, -0.2) is 36.9 Å². The van der Waals surface area contributed by atoms with E-state index >= 15 is 0 Å². The molecule has 3 heterocycles. The molecular formula is C24H25ClN4O3. The first-order valence-corrected chi connectivity index (χ1v) is 11.5. The van der Waals surface area contributed by atoms with Gasteiger partial charge in [0.15, 0.2) is 0 Å². The number of carboxylic acid groups (broad SMARTS) is 1. The van der Waals surface area contributed by atoms with Crippen molar-refractivity contribution >= 4 is 17.6 Å². The Hall–Kier alpha value is -2.93. The van der Waals surface area contributed by atoms with E-state index < -0.39 is 5.97 Å². The number of pyridine rings is 1. The first-order valence-electron chi connectivity index (χ1n) is 11.1. The summed E-state index contributed by atoms with van der Waals surface area (Å²) < 4.78 is 8.20. The van der Waals surface area contributed by atoms with Gasteiger partial charge in [0.05, 0.1) is 5.69 Å². The highest BCUT2D eigenvalue weighted by molar-refractivity contribution is 6.30. The van der Waals surface area contributed by atoms with E-state index in [0.717, 1.165) is 48.6 Å². The largest absolute Gasteiger partial charge is 0.481 e. The van der Waals surface area contributed by atoms with E-state index in [4.69, 9.17) is 16.3 Å². The molecule has 0 bridgehead atoms. The zero-order valence-electron chi connectivity index (χ0n) is 17.7. The van der Waals surface area contributed by atoms with Crippen molar-refractivity contribution in [3.8, 4) is 11.6 Å². The lowest BCUT2D eigenvalue weighted by Crippen LogP contribution is -2.25. The molecule has 1 saturated carbocycles. The monoisotopic (exact) mass is 452 g/mol. The number of carbonyl (C=O) groups is 1. The molecule has 1 aliphatic heterocycles. The molecule has 8 heteroatoms. The number of aliphatic carboxylic acids is 1. The van der Waals surface area contributed by atoms with Crippen molar-refractivity contribution in [1.82, 2.24) is 19.7 Å². The zero-order valence-corrected chi connectivity index (χ0v) is 18.4. The van der Waals surface area contributed by atoms with Crippen LogP contribution in [-0.2, 0) is 17.6 Å². The second-order valence-corrected chi connectivity index (χ2v) is 9.15. The van der Waals surface area contributed by atoms with Crippen LogP contribution in [0.2, 0.25) is 5.02 Å². The first-order chi connectivity index (χ1) is 15.6. The van der Waals surface area contributed by atoms with Gasteiger partial charge in [-0.2, -0.15) is 0 Å². The number of ether oxygens (including phenoxy) is 1. The Morgan fingerprint density at radius 2 is 1.97 bits per heavy atom. The van der Waals surface area contributed by atoms with Crippen LogP contribution in [0.4, 0.5) is 0 Å². The molecule has 0 radical (unpaired) electrons. The van der Waals surface area contributed by atoms with E-state index in [1.54, 1.807) is 6.20 Å². The Balaban J connectivity index is 1.39. The molecule has 7 nitrogen and oxygen atoms in total. The van der Waals surface area contributed by atoms with Gasteiger partial charge in [0.25, 0.3) is 0 Å². The summed E-state index contributed by atoms with van der Waals surface area (Å²) in [5.74, 6) is 1.90. The summed E-state index contributed by atoms with van der Waals surface area (Å²) in [6.45, 7) is 0. The number of hydrogen-bond donors (Lipinski definition) is 1. The number of benzene rings is 1. The summed E-state index contributed by atoms with van der Waals surface area (Å²) in [4.78, 5) is 15.7. The average Bonchev–Trinajstić information content (AvgIpc) is 3.11. The smallest absolute Gasteiger partial charge is 0.303 e. The Kier molecular flexibility index (Phi) is 5.83. The van der Waals surface area contributed by atoms with Gasteiger partial charge in [0.1, 0.15) is 17.8 Å². The molecule has 1 unspecified atom stereocenters. The maximum absolute atomic E-state index is 11.4. The van der Waals surface area contributed by atoms with Gasteiger partial charge in [0, 0.05) is 36.0 Å². The number of rotatable bonds is 5. The highest BCUT2D eigenvalue weighted by Gasteiger charge is 2.32. The van der Waals surface area contributed by atoms with Crippen molar-refractivity contribution in [2.45, 2.75) is 57.0 Å². The Morgan fingerprint density at radius 1 is 1.12 bits per heavy atom. The van der Waals surface area contributed by atoms with Crippen molar-refractivity contribution in [1.29, 1.82) is 0 Å². The Morgan fingerprint density at radius 3 is 2.72 bits per heavy atom. The minimum absolute atomic E-state index is 0.0366. The number of carboxylic acids is 1. The van der Waals surface area contributed by atoms with Crippen molar-refractivity contribution in [2.24, 2.45) is 5.92 Å². The zero-order chi connectivity index (χ0) is 22.1. The predicted molar refractivity (Wildman–Crippen MR) is 119 cm³/mol. The van der Waals surface area contributed by atoms with Crippen molar-refractivity contribution < 1.29 is 14.6 Å². The van der Waals surface area contributed by atoms with Gasteiger partial charge >= 0.3 is 5.97 Å². The molecule has 1 atom stereocenters. The Bertz CT molecular complexity index is 1110. The molecule has 1 aromatic carbocycles. The quantitative estimate of drug-likeness (QED) is 0.607. The van der Waals surface area contributed by atoms with Gasteiger partial charge in [-0.25, -0.2) is 4.98 Å². The van der Waals surface area contributed by atoms with Gasteiger partial charge in [-0.15, -0.1) is 10.2 Å². The fourth-order valence-electron chi connectivity index (χ4n) is 4.98. The van der Waals surface area contributed by atoms with Crippen molar-refractivity contribution in [3.63, 3.8) is 0 Å². The summed E-state index contributed by atoms with van der Waals surface area (Å²) in [7, 11) is 0. The van der Waals surface area contributed by atoms with E-state index in [0.29, 0.717) is 23.7 Å². The SMILES string of the molecule is O=C(O)CC1Cc2cc(Cl)ccc2-n2c(nnc2C2CCC(Oc3ccccn3)CC2)C1. The van der Waals surface area contributed by atoms with Crippen LogP contribution >= 0.6 is 11.6 Å². The van der Waals surface area contributed by atoms with E-state index in [1.807, 2.05) is 36.4 Å². The number of hydrogen-bond acceptors (Lipinski definition) is 5. The summed E-state index contributed by atoms with van der Waals surface area (Å²) >= 11 is 6.28. The normalized spacial score (nSPS) is 22.5. The molecule has 0 amide bonds. The molecule has 166 valence electrons. The van der Waals surface area contributed by atoms with E-state index in [2.05, 4.69) is 19.7 Å². The fourth-order valence-corrected chi connectivity index (χ4v) is 5.18. The maximum atomic E-state index is 11.4. The van der Waals surface area contributed by atoms with Crippen LogP contribution in [0.3, 0.4) is 0 Å². The summed E-state index contributed by atoms with van der Waals surface area (Å²) in [6, 6.07) is 11.5. The molecule has 1 fully saturated rings. The third kappa shape index (κ3) is 4.35. The van der Waals surface area contributed by atoms with Crippen LogP contribution in [0.15, 0.2) is 42.6 Å².